The van der Waals surface area contributed by atoms with E-state index in [9.17, 15) is 18.0 Å². The molecule has 1 N–H and O–H groups in total. The summed E-state index contributed by atoms with van der Waals surface area (Å²) in [5.41, 5.74) is -0.412. The van der Waals surface area contributed by atoms with E-state index in [-0.39, 0.29) is 13.2 Å². The van der Waals surface area contributed by atoms with Crippen LogP contribution < -0.4 is 5.32 Å². The highest BCUT2D eigenvalue weighted by molar-refractivity contribution is 5.75. The number of hydrogen-bond donors (Lipinski definition) is 1. The highest BCUT2D eigenvalue weighted by Crippen LogP contribution is 2.18. The van der Waals surface area contributed by atoms with E-state index in [0.717, 1.165) is 6.07 Å². The molecule has 0 spiro atoms. The lowest BCUT2D eigenvalue weighted by molar-refractivity contribution is -0.140. The molecule has 16 heavy (non-hydrogen) atoms. The zero-order valence-electron chi connectivity index (χ0n) is 8.52. The molecule has 1 rings (SSSR count). The van der Waals surface area contributed by atoms with Crippen LogP contribution in [0.4, 0.5) is 18.9 Å². The first kappa shape index (κ1) is 12.4. The first-order valence-electron chi connectivity index (χ1n) is 4.58. The van der Waals surface area contributed by atoms with Crippen LogP contribution in [0.25, 0.3) is 0 Å². The maximum Gasteiger partial charge on any atom is 0.325 e. The monoisotopic (exact) mass is 233 g/mol. The van der Waals surface area contributed by atoms with E-state index in [1.54, 1.807) is 6.92 Å². The smallest absolute Gasteiger partial charge is 0.325 e. The van der Waals surface area contributed by atoms with Gasteiger partial charge < -0.3 is 10.1 Å². The molecule has 88 valence electrons. The highest BCUT2D eigenvalue weighted by atomic mass is 19.2. The predicted molar refractivity (Wildman–Crippen MR) is 51.4 cm³/mol. The molecular formula is C10H10F3NO2. The molecule has 0 saturated carbocycles. The van der Waals surface area contributed by atoms with Gasteiger partial charge in [-0.25, -0.2) is 13.2 Å². The van der Waals surface area contributed by atoms with Gasteiger partial charge in [0.15, 0.2) is 11.6 Å². The molecule has 1 aromatic rings. The molecule has 0 heterocycles. The van der Waals surface area contributed by atoms with E-state index in [1.165, 1.54) is 0 Å². The molecule has 0 aliphatic carbocycles. The predicted octanol–water partition coefficient (Wildman–Crippen LogP) is 2.08. The van der Waals surface area contributed by atoms with E-state index in [1.807, 2.05) is 0 Å². The van der Waals surface area contributed by atoms with Gasteiger partial charge in [0.2, 0.25) is 0 Å². The standard InChI is InChI=1S/C10H10F3NO2/c1-2-16-9(15)5-14-8-4-6(11)3-7(12)10(8)13/h3-4,14H,2,5H2,1H3. The molecule has 6 heteroatoms. The molecule has 0 saturated heterocycles. The Morgan fingerprint density at radius 2 is 2.06 bits per heavy atom. The average Bonchev–Trinajstić information content (AvgIpc) is 2.21. The number of rotatable bonds is 4. The second kappa shape index (κ2) is 5.39. The molecule has 0 aliphatic heterocycles. The van der Waals surface area contributed by atoms with Crippen molar-refractivity contribution in [3.8, 4) is 0 Å². The molecule has 0 bridgehead atoms. The van der Waals surface area contributed by atoms with Crippen molar-refractivity contribution in [3.63, 3.8) is 0 Å². The SMILES string of the molecule is CCOC(=O)CNc1cc(F)cc(F)c1F. The Labute approximate surface area is 90.2 Å². The Hall–Kier alpha value is -1.72. The van der Waals surface area contributed by atoms with Gasteiger partial charge in [0.05, 0.1) is 12.3 Å². The molecule has 0 radical (unpaired) electrons. The van der Waals surface area contributed by atoms with Crippen molar-refractivity contribution in [2.45, 2.75) is 6.92 Å². The van der Waals surface area contributed by atoms with E-state index >= 15 is 0 Å². The molecule has 0 fully saturated rings. The molecule has 0 atom stereocenters. The highest BCUT2D eigenvalue weighted by Gasteiger charge is 2.11. The maximum atomic E-state index is 13.1. The van der Waals surface area contributed by atoms with Gasteiger partial charge in [0.25, 0.3) is 0 Å². The molecule has 0 unspecified atom stereocenters. The number of esters is 1. The van der Waals surface area contributed by atoms with Crippen LogP contribution in [-0.2, 0) is 9.53 Å². The van der Waals surface area contributed by atoms with Gasteiger partial charge in [-0.1, -0.05) is 0 Å². The van der Waals surface area contributed by atoms with Gasteiger partial charge in [-0.15, -0.1) is 0 Å². The van der Waals surface area contributed by atoms with Crippen molar-refractivity contribution in [2.75, 3.05) is 18.5 Å². The van der Waals surface area contributed by atoms with Crippen molar-refractivity contribution in [1.82, 2.24) is 0 Å². The fraction of sp³-hybridized carbons (Fsp3) is 0.300. The number of halogens is 3. The second-order valence-electron chi connectivity index (χ2n) is 2.91. The number of carbonyl (C=O) groups is 1. The number of hydrogen-bond acceptors (Lipinski definition) is 3. The Morgan fingerprint density at radius 3 is 2.69 bits per heavy atom. The average molecular weight is 233 g/mol. The first-order chi connectivity index (χ1) is 7.54. The van der Waals surface area contributed by atoms with Crippen LogP contribution in [-0.4, -0.2) is 19.1 Å². The van der Waals surface area contributed by atoms with Crippen molar-refractivity contribution < 1.29 is 22.7 Å². The van der Waals surface area contributed by atoms with Gasteiger partial charge in [-0.2, -0.15) is 0 Å². The van der Waals surface area contributed by atoms with Crippen LogP contribution in [0.1, 0.15) is 6.92 Å². The van der Waals surface area contributed by atoms with E-state index < -0.39 is 29.1 Å². The summed E-state index contributed by atoms with van der Waals surface area (Å²) in [4.78, 5) is 10.9. The summed E-state index contributed by atoms with van der Waals surface area (Å²) in [5.74, 6) is -4.10. The lowest BCUT2D eigenvalue weighted by atomic mass is 10.3. The fourth-order valence-electron chi connectivity index (χ4n) is 1.06. The van der Waals surface area contributed by atoms with Gasteiger partial charge in [0.1, 0.15) is 12.4 Å². The largest absolute Gasteiger partial charge is 0.465 e. The third kappa shape index (κ3) is 3.15. The Balaban J connectivity index is 2.70. The first-order valence-corrected chi connectivity index (χ1v) is 4.58. The molecular weight excluding hydrogens is 223 g/mol. The van der Waals surface area contributed by atoms with Crippen molar-refractivity contribution in [1.29, 1.82) is 0 Å². The Morgan fingerprint density at radius 1 is 1.38 bits per heavy atom. The summed E-state index contributed by atoms with van der Waals surface area (Å²) in [5, 5.41) is 2.25. The number of anilines is 1. The van der Waals surface area contributed by atoms with E-state index in [2.05, 4.69) is 10.1 Å². The Bertz CT molecular complexity index is 396. The molecule has 0 amide bonds. The number of benzene rings is 1. The summed E-state index contributed by atoms with van der Waals surface area (Å²) < 4.78 is 43.1. The van der Waals surface area contributed by atoms with Gasteiger partial charge in [0, 0.05) is 12.1 Å². The minimum absolute atomic E-state index is 0.181. The topological polar surface area (TPSA) is 38.3 Å². The number of carbonyl (C=O) groups excluding carboxylic acids is 1. The van der Waals surface area contributed by atoms with Crippen LogP contribution >= 0.6 is 0 Å². The van der Waals surface area contributed by atoms with Crippen LogP contribution in [0.5, 0.6) is 0 Å². The summed E-state index contributed by atoms with van der Waals surface area (Å²) in [6, 6.07) is 1.18. The van der Waals surface area contributed by atoms with Crippen LogP contribution in [0, 0.1) is 17.5 Å². The fourth-order valence-corrected chi connectivity index (χ4v) is 1.06. The van der Waals surface area contributed by atoms with Crippen molar-refractivity contribution in [3.05, 3.63) is 29.6 Å². The van der Waals surface area contributed by atoms with E-state index in [0.29, 0.717) is 6.07 Å². The normalized spacial score (nSPS) is 10.0. The van der Waals surface area contributed by atoms with Crippen molar-refractivity contribution in [2.24, 2.45) is 0 Å². The lowest BCUT2D eigenvalue weighted by Crippen LogP contribution is -2.17. The zero-order valence-corrected chi connectivity index (χ0v) is 8.52. The quantitative estimate of drug-likeness (QED) is 0.639. The lowest BCUT2D eigenvalue weighted by Gasteiger charge is -2.07. The van der Waals surface area contributed by atoms with E-state index in [4.69, 9.17) is 0 Å². The number of ether oxygens (including phenoxy) is 1. The summed E-state index contributed by atoms with van der Waals surface area (Å²) in [6.07, 6.45) is 0. The summed E-state index contributed by atoms with van der Waals surface area (Å²) >= 11 is 0. The summed E-state index contributed by atoms with van der Waals surface area (Å²) in [7, 11) is 0. The molecule has 0 aromatic heterocycles. The second-order valence-corrected chi connectivity index (χ2v) is 2.91. The van der Waals surface area contributed by atoms with Crippen LogP contribution in [0.15, 0.2) is 12.1 Å². The third-order valence-electron chi connectivity index (χ3n) is 1.72. The van der Waals surface area contributed by atoms with Crippen LogP contribution in [0.3, 0.4) is 0 Å². The minimum Gasteiger partial charge on any atom is -0.465 e. The van der Waals surface area contributed by atoms with Gasteiger partial charge >= 0.3 is 5.97 Å². The van der Waals surface area contributed by atoms with Crippen molar-refractivity contribution >= 4 is 11.7 Å². The third-order valence-corrected chi connectivity index (χ3v) is 1.72. The molecule has 1 aromatic carbocycles. The maximum absolute atomic E-state index is 13.1. The molecule has 0 aliphatic rings. The number of nitrogens with one attached hydrogen (secondary N) is 1. The van der Waals surface area contributed by atoms with Crippen LogP contribution in [0.2, 0.25) is 0 Å². The Kier molecular flexibility index (Phi) is 4.16. The molecule has 3 nitrogen and oxygen atoms in total. The minimum atomic E-state index is -1.31. The zero-order chi connectivity index (χ0) is 12.1. The van der Waals surface area contributed by atoms with Gasteiger partial charge in [-0.05, 0) is 6.92 Å². The summed E-state index contributed by atoms with van der Waals surface area (Å²) in [6.45, 7) is 1.44. The van der Waals surface area contributed by atoms with Gasteiger partial charge in [-0.3, -0.25) is 4.79 Å².